The highest BCUT2D eigenvalue weighted by Gasteiger charge is 2.31. The van der Waals surface area contributed by atoms with Gasteiger partial charge in [0.2, 0.25) is 0 Å². The van der Waals surface area contributed by atoms with Gasteiger partial charge in [-0.15, -0.1) is 0 Å². The van der Waals surface area contributed by atoms with E-state index >= 15 is 0 Å². The van der Waals surface area contributed by atoms with Crippen LogP contribution in [0.25, 0.3) is 0 Å². The molecule has 98 valence electrons. The quantitative estimate of drug-likeness (QED) is 0.843. The average molecular weight is 267 g/mol. The van der Waals surface area contributed by atoms with Gasteiger partial charge in [-0.1, -0.05) is 29.3 Å². The van der Waals surface area contributed by atoms with E-state index in [1.54, 1.807) is 0 Å². The molecule has 3 unspecified atom stereocenters. The van der Waals surface area contributed by atoms with Crippen molar-refractivity contribution in [2.24, 2.45) is 0 Å². The highest BCUT2D eigenvalue weighted by molar-refractivity contribution is 7.85. The van der Waals surface area contributed by atoms with Crippen LogP contribution in [0.1, 0.15) is 22.7 Å². The number of aliphatic carboxylic acids is 1. The normalized spacial score (nSPS) is 28.0. The van der Waals surface area contributed by atoms with Crippen LogP contribution < -0.4 is 5.32 Å². The first kappa shape index (κ1) is 13.2. The zero-order valence-corrected chi connectivity index (χ0v) is 11.3. The van der Waals surface area contributed by atoms with Gasteiger partial charge in [0.1, 0.15) is 6.04 Å². The van der Waals surface area contributed by atoms with Crippen LogP contribution in [0.2, 0.25) is 0 Å². The largest absolute Gasteiger partial charge is 0.480 e. The molecule has 18 heavy (non-hydrogen) atoms. The summed E-state index contributed by atoms with van der Waals surface area (Å²) in [6.45, 7) is 4.01. The van der Waals surface area contributed by atoms with E-state index in [1.807, 2.05) is 26.0 Å². The van der Waals surface area contributed by atoms with Crippen molar-refractivity contribution in [2.45, 2.75) is 25.9 Å². The van der Waals surface area contributed by atoms with E-state index in [1.165, 1.54) is 0 Å². The van der Waals surface area contributed by atoms with Crippen LogP contribution in [0.5, 0.6) is 0 Å². The Kier molecular flexibility index (Phi) is 3.82. The fourth-order valence-electron chi connectivity index (χ4n) is 2.33. The van der Waals surface area contributed by atoms with Crippen LogP contribution in [-0.2, 0) is 15.6 Å². The number of hydrogen-bond donors (Lipinski definition) is 2. The molecule has 1 aliphatic rings. The molecule has 0 radical (unpaired) electrons. The predicted molar refractivity (Wildman–Crippen MR) is 71.1 cm³/mol. The lowest BCUT2D eigenvalue weighted by Gasteiger charge is -2.28. The summed E-state index contributed by atoms with van der Waals surface area (Å²) in [6, 6.07) is 5.25. The first-order valence-corrected chi connectivity index (χ1v) is 7.36. The Morgan fingerprint density at radius 3 is 2.44 bits per heavy atom. The van der Waals surface area contributed by atoms with E-state index in [0.717, 1.165) is 16.7 Å². The molecule has 1 saturated heterocycles. The van der Waals surface area contributed by atoms with Crippen molar-refractivity contribution in [3.05, 3.63) is 34.9 Å². The summed E-state index contributed by atoms with van der Waals surface area (Å²) < 4.78 is 11.7. The van der Waals surface area contributed by atoms with Crippen molar-refractivity contribution in [2.75, 3.05) is 11.5 Å². The number of carbonyl (C=O) groups is 1. The second-order valence-corrected chi connectivity index (χ2v) is 6.35. The lowest BCUT2D eigenvalue weighted by molar-refractivity contribution is -0.139. The summed E-state index contributed by atoms with van der Waals surface area (Å²) in [5.41, 5.74) is 3.29. The maximum absolute atomic E-state index is 11.7. The summed E-state index contributed by atoms with van der Waals surface area (Å²) >= 11 is 0. The van der Waals surface area contributed by atoms with Crippen LogP contribution in [0, 0.1) is 13.8 Å². The molecule has 0 aliphatic carbocycles. The lowest BCUT2D eigenvalue weighted by Crippen LogP contribution is -2.49. The van der Waals surface area contributed by atoms with Crippen LogP contribution in [0.3, 0.4) is 0 Å². The number of aryl methyl sites for hydroxylation is 2. The van der Waals surface area contributed by atoms with Gasteiger partial charge in [0.15, 0.2) is 0 Å². The molecule has 0 bridgehead atoms. The van der Waals surface area contributed by atoms with Crippen molar-refractivity contribution in [3.63, 3.8) is 0 Å². The average Bonchev–Trinajstić information content (AvgIpc) is 2.26. The maximum atomic E-state index is 11.7. The number of benzene rings is 1. The smallest absolute Gasteiger partial charge is 0.321 e. The van der Waals surface area contributed by atoms with Gasteiger partial charge in [0.05, 0.1) is 0 Å². The number of nitrogens with one attached hydrogen (secondary N) is 1. The van der Waals surface area contributed by atoms with Crippen LogP contribution >= 0.6 is 0 Å². The van der Waals surface area contributed by atoms with E-state index in [2.05, 4.69) is 11.4 Å². The highest BCUT2D eigenvalue weighted by atomic mass is 32.2. The number of carboxylic acid groups (broad SMARTS) is 1. The Labute approximate surface area is 109 Å². The number of hydrogen-bond acceptors (Lipinski definition) is 3. The molecule has 1 aromatic carbocycles. The third-order valence-corrected chi connectivity index (χ3v) is 4.46. The van der Waals surface area contributed by atoms with Crippen LogP contribution in [0.4, 0.5) is 0 Å². The van der Waals surface area contributed by atoms with Gasteiger partial charge in [0.25, 0.3) is 0 Å². The van der Waals surface area contributed by atoms with Crippen molar-refractivity contribution < 1.29 is 14.1 Å². The van der Waals surface area contributed by atoms with Gasteiger partial charge in [-0.3, -0.25) is 14.3 Å². The third kappa shape index (κ3) is 2.97. The first-order valence-electron chi connectivity index (χ1n) is 5.87. The summed E-state index contributed by atoms with van der Waals surface area (Å²) in [5, 5.41) is 12.1. The first-order chi connectivity index (χ1) is 8.45. The predicted octanol–water partition coefficient (Wildman–Crippen LogP) is 1.15. The molecule has 0 saturated carbocycles. The Bertz CT molecular complexity index is 481. The van der Waals surface area contributed by atoms with E-state index < -0.39 is 22.8 Å². The molecule has 2 N–H and O–H groups in total. The van der Waals surface area contributed by atoms with Gasteiger partial charge >= 0.3 is 5.97 Å². The lowest BCUT2D eigenvalue weighted by atomic mass is 10.0. The van der Waals surface area contributed by atoms with Crippen molar-refractivity contribution in [1.29, 1.82) is 0 Å². The minimum atomic E-state index is -1.08. The number of carboxylic acids is 1. The Balaban J connectivity index is 2.26. The Morgan fingerprint density at radius 1 is 1.28 bits per heavy atom. The number of rotatable bonds is 2. The fourth-order valence-corrected chi connectivity index (χ4v) is 3.73. The molecule has 4 nitrogen and oxygen atoms in total. The molecule has 0 amide bonds. The van der Waals surface area contributed by atoms with E-state index in [9.17, 15) is 9.00 Å². The second-order valence-electron chi connectivity index (χ2n) is 4.80. The summed E-state index contributed by atoms with van der Waals surface area (Å²) in [5.74, 6) is -0.263. The van der Waals surface area contributed by atoms with E-state index in [-0.39, 0.29) is 11.8 Å². The van der Waals surface area contributed by atoms with Gasteiger partial charge in [0, 0.05) is 28.3 Å². The second kappa shape index (κ2) is 5.20. The van der Waals surface area contributed by atoms with Gasteiger partial charge in [-0.25, -0.2) is 0 Å². The molecule has 5 heteroatoms. The zero-order chi connectivity index (χ0) is 13.3. The van der Waals surface area contributed by atoms with E-state index in [4.69, 9.17) is 5.11 Å². The topological polar surface area (TPSA) is 66.4 Å². The molecule has 1 heterocycles. The summed E-state index contributed by atoms with van der Waals surface area (Å²) in [4.78, 5) is 11.0. The summed E-state index contributed by atoms with van der Waals surface area (Å²) in [7, 11) is -1.08. The van der Waals surface area contributed by atoms with Crippen LogP contribution in [-0.4, -0.2) is 32.8 Å². The molecule has 1 fully saturated rings. The van der Waals surface area contributed by atoms with Crippen molar-refractivity contribution in [3.8, 4) is 0 Å². The van der Waals surface area contributed by atoms with Gasteiger partial charge in [-0.2, -0.15) is 0 Å². The third-order valence-electron chi connectivity index (χ3n) is 3.05. The molecule has 3 atom stereocenters. The molecule has 1 aliphatic heterocycles. The summed E-state index contributed by atoms with van der Waals surface area (Å²) in [6.07, 6.45) is 0. The van der Waals surface area contributed by atoms with Gasteiger partial charge < -0.3 is 5.11 Å². The van der Waals surface area contributed by atoms with E-state index in [0.29, 0.717) is 5.75 Å². The van der Waals surface area contributed by atoms with Crippen molar-refractivity contribution in [1.82, 2.24) is 5.32 Å². The highest BCUT2D eigenvalue weighted by Crippen LogP contribution is 2.21. The van der Waals surface area contributed by atoms with Crippen LogP contribution in [0.15, 0.2) is 18.2 Å². The minimum absolute atomic E-state index is 0.140. The molecular weight excluding hydrogens is 250 g/mol. The zero-order valence-electron chi connectivity index (χ0n) is 10.5. The molecule has 0 aromatic heterocycles. The Morgan fingerprint density at radius 2 is 1.89 bits per heavy atom. The molecule has 2 rings (SSSR count). The molecule has 1 aromatic rings. The maximum Gasteiger partial charge on any atom is 0.321 e. The standard InChI is InChI=1S/C13H17NO3S/c1-8-3-9(2)5-10(4-8)11-6-18(17)7-12(14-11)13(15)16/h3-5,11-12,14H,6-7H2,1-2H3,(H,15,16). The minimum Gasteiger partial charge on any atom is -0.480 e. The monoisotopic (exact) mass is 267 g/mol. The Hall–Kier alpha value is -1.20. The SMILES string of the molecule is Cc1cc(C)cc(C2CS(=O)CC(C(=O)O)N2)c1. The fraction of sp³-hybridized carbons (Fsp3) is 0.462. The molecule has 0 spiro atoms. The molecular formula is C13H17NO3S. The van der Waals surface area contributed by atoms with Gasteiger partial charge in [-0.05, 0) is 19.4 Å². The van der Waals surface area contributed by atoms with Crippen molar-refractivity contribution >= 4 is 16.8 Å².